The zero-order chi connectivity index (χ0) is 16.1. The quantitative estimate of drug-likeness (QED) is 0.864. The summed E-state index contributed by atoms with van der Waals surface area (Å²) in [6.45, 7) is 5.47. The largest absolute Gasteiger partial charge is 0.491 e. The minimum absolute atomic E-state index is 0.309. The second kappa shape index (κ2) is 8.22. The number of rotatable bonds is 6. The number of halogens is 1. The van der Waals surface area contributed by atoms with Crippen LogP contribution in [0.1, 0.15) is 31.2 Å². The van der Waals surface area contributed by atoms with Crippen molar-refractivity contribution >= 4 is 11.6 Å². The van der Waals surface area contributed by atoms with Crippen molar-refractivity contribution < 1.29 is 9.47 Å². The Balaban J connectivity index is 1.68. The van der Waals surface area contributed by atoms with E-state index in [1.807, 2.05) is 6.07 Å². The molecule has 0 unspecified atom stereocenters. The van der Waals surface area contributed by atoms with Crippen LogP contribution in [0.3, 0.4) is 0 Å². The lowest BCUT2D eigenvalue weighted by Gasteiger charge is -2.27. The standard InChI is InChI=1S/C18H27ClN2O2/c1-22-18-16(19)12-14(6-9-21-10-7-20-8-11-21)13-17(18)23-15-4-2-3-5-15/h12-13,15,20H,2-11H2,1H3. The van der Waals surface area contributed by atoms with Crippen molar-refractivity contribution in [3.05, 3.63) is 22.7 Å². The number of benzene rings is 1. The van der Waals surface area contributed by atoms with Gasteiger partial charge in [-0.05, 0) is 49.8 Å². The molecular formula is C18H27ClN2O2. The lowest BCUT2D eigenvalue weighted by molar-refractivity contribution is 0.200. The summed E-state index contributed by atoms with van der Waals surface area (Å²) in [5, 5.41) is 4.04. The van der Waals surface area contributed by atoms with Crippen molar-refractivity contribution in [3.8, 4) is 11.5 Å². The summed E-state index contributed by atoms with van der Waals surface area (Å²) in [6.07, 6.45) is 6.07. The first-order valence-electron chi connectivity index (χ1n) is 8.72. The normalized spacial score (nSPS) is 19.9. The minimum Gasteiger partial charge on any atom is -0.491 e. The molecule has 3 rings (SSSR count). The van der Waals surface area contributed by atoms with Gasteiger partial charge in [-0.15, -0.1) is 0 Å². The van der Waals surface area contributed by atoms with E-state index in [2.05, 4.69) is 16.3 Å². The molecule has 0 aromatic heterocycles. The maximum absolute atomic E-state index is 6.41. The van der Waals surface area contributed by atoms with E-state index in [-0.39, 0.29) is 0 Å². The van der Waals surface area contributed by atoms with Gasteiger partial charge in [-0.3, -0.25) is 0 Å². The number of ether oxygens (including phenoxy) is 2. The summed E-state index contributed by atoms with van der Waals surface area (Å²) in [4.78, 5) is 2.49. The van der Waals surface area contributed by atoms with Crippen LogP contribution in [0.25, 0.3) is 0 Å². The molecule has 1 saturated carbocycles. The van der Waals surface area contributed by atoms with Gasteiger partial charge in [0, 0.05) is 32.7 Å². The molecule has 4 nitrogen and oxygen atoms in total. The molecule has 1 heterocycles. The Morgan fingerprint density at radius 3 is 2.65 bits per heavy atom. The van der Waals surface area contributed by atoms with E-state index in [4.69, 9.17) is 21.1 Å². The molecule has 0 spiro atoms. The second-order valence-electron chi connectivity index (χ2n) is 6.47. The summed E-state index contributed by atoms with van der Waals surface area (Å²) in [6, 6.07) is 4.13. The first-order chi connectivity index (χ1) is 11.3. The Morgan fingerprint density at radius 2 is 1.96 bits per heavy atom. The van der Waals surface area contributed by atoms with E-state index in [1.54, 1.807) is 7.11 Å². The summed E-state index contributed by atoms with van der Waals surface area (Å²) in [5.41, 5.74) is 1.22. The molecular weight excluding hydrogens is 312 g/mol. The highest BCUT2D eigenvalue weighted by molar-refractivity contribution is 6.32. The van der Waals surface area contributed by atoms with E-state index in [0.717, 1.165) is 57.7 Å². The Bertz CT molecular complexity index is 512. The van der Waals surface area contributed by atoms with Crippen LogP contribution in [-0.4, -0.2) is 50.8 Å². The number of hydrogen-bond donors (Lipinski definition) is 1. The molecule has 0 amide bonds. The Labute approximate surface area is 144 Å². The fraction of sp³-hybridized carbons (Fsp3) is 0.667. The fourth-order valence-corrected chi connectivity index (χ4v) is 3.77. The van der Waals surface area contributed by atoms with Crippen molar-refractivity contribution in [1.29, 1.82) is 0 Å². The van der Waals surface area contributed by atoms with Gasteiger partial charge in [-0.25, -0.2) is 0 Å². The van der Waals surface area contributed by atoms with E-state index in [0.29, 0.717) is 16.9 Å². The minimum atomic E-state index is 0.309. The van der Waals surface area contributed by atoms with Crippen molar-refractivity contribution in [2.24, 2.45) is 0 Å². The predicted octanol–water partition coefficient (Wildman–Crippen LogP) is 3.12. The highest BCUT2D eigenvalue weighted by atomic mass is 35.5. The summed E-state index contributed by atoms with van der Waals surface area (Å²) >= 11 is 6.41. The average Bonchev–Trinajstić information content (AvgIpc) is 3.07. The number of piperazine rings is 1. The van der Waals surface area contributed by atoms with Crippen LogP contribution < -0.4 is 14.8 Å². The maximum atomic E-state index is 6.41. The zero-order valence-corrected chi connectivity index (χ0v) is 14.7. The van der Waals surface area contributed by atoms with E-state index >= 15 is 0 Å². The summed E-state index contributed by atoms with van der Waals surface area (Å²) in [7, 11) is 1.66. The first-order valence-corrected chi connectivity index (χ1v) is 9.10. The molecule has 1 aliphatic carbocycles. The van der Waals surface area contributed by atoms with Gasteiger partial charge in [0.05, 0.1) is 18.2 Å². The van der Waals surface area contributed by atoms with Gasteiger partial charge in [0.2, 0.25) is 0 Å². The van der Waals surface area contributed by atoms with E-state index in [9.17, 15) is 0 Å². The van der Waals surface area contributed by atoms with Crippen molar-refractivity contribution in [3.63, 3.8) is 0 Å². The second-order valence-corrected chi connectivity index (χ2v) is 6.88. The zero-order valence-electron chi connectivity index (χ0n) is 13.9. The molecule has 2 fully saturated rings. The lowest BCUT2D eigenvalue weighted by Crippen LogP contribution is -2.44. The maximum Gasteiger partial charge on any atom is 0.179 e. The third-order valence-corrected chi connectivity index (χ3v) is 5.08. The number of methoxy groups -OCH3 is 1. The Hall–Kier alpha value is -0.970. The van der Waals surface area contributed by atoms with Gasteiger partial charge >= 0.3 is 0 Å². The third-order valence-electron chi connectivity index (χ3n) is 4.80. The fourth-order valence-electron chi connectivity index (χ4n) is 3.46. The molecule has 1 aromatic rings. The molecule has 1 saturated heterocycles. The molecule has 5 heteroatoms. The van der Waals surface area contributed by atoms with Crippen LogP contribution in [0.5, 0.6) is 11.5 Å². The van der Waals surface area contributed by atoms with E-state index in [1.165, 1.54) is 18.4 Å². The van der Waals surface area contributed by atoms with E-state index < -0.39 is 0 Å². The molecule has 0 radical (unpaired) electrons. The number of nitrogens with zero attached hydrogens (tertiary/aromatic N) is 1. The molecule has 1 aromatic carbocycles. The highest BCUT2D eigenvalue weighted by Gasteiger charge is 2.20. The Morgan fingerprint density at radius 1 is 1.22 bits per heavy atom. The van der Waals surface area contributed by atoms with Crippen LogP contribution in [0.15, 0.2) is 12.1 Å². The molecule has 1 N–H and O–H groups in total. The topological polar surface area (TPSA) is 33.7 Å². The van der Waals surface area contributed by atoms with Crippen molar-refractivity contribution in [1.82, 2.24) is 10.2 Å². The molecule has 0 bridgehead atoms. The molecule has 2 aliphatic rings. The van der Waals surface area contributed by atoms with Gasteiger partial charge < -0.3 is 19.7 Å². The van der Waals surface area contributed by atoms with Crippen molar-refractivity contribution in [2.75, 3.05) is 39.8 Å². The summed E-state index contributed by atoms with van der Waals surface area (Å²) < 4.78 is 11.6. The SMILES string of the molecule is COc1c(Cl)cc(CCN2CCNCC2)cc1OC1CCCC1. The predicted molar refractivity (Wildman–Crippen MR) is 93.9 cm³/mol. The average molecular weight is 339 g/mol. The third kappa shape index (κ3) is 4.52. The Kier molecular flexibility index (Phi) is 6.03. The van der Waals surface area contributed by atoms with Crippen LogP contribution in [0.2, 0.25) is 5.02 Å². The molecule has 23 heavy (non-hydrogen) atoms. The number of hydrogen-bond acceptors (Lipinski definition) is 4. The van der Waals surface area contributed by atoms with Gasteiger partial charge in [0.15, 0.2) is 11.5 Å². The molecule has 0 atom stereocenters. The van der Waals surface area contributed by atoms with Gasteiger partial charge in [-0.2, -0.15) is 0 Å². The smallest absolute Gasteiger partial charge is 0.179 e. The van der Waals surface area contributed by atoms with Crippen LogP contribution in [-0.2, 0) is 6.42 Å². The van der Waals surface area contributed by atoms with Gasteiger partial charge in [0.25, 0.3) is 0 Å². The lowest BCUT2D eigenvalue weighted by atomic mass is 10.1. The number of nitrogens with one attached hydrogen (secondary N) is 1. The van der Waals surface area contributed by atoms with Gasteiger partial charge in [0.1, 0.15) is 0 Å². The van der Waals surface area contributed by atoms with Crippen LogP contribution in [0.4, 0.5) is 0 Å². The van der Waals surface area contributed by atoms with Crippen molar-refractivity contribution in [2.45, 2.75) is 38.2 Å². The highest BCUT2D eigenvalue weighted by Crippen LogP contribution is 2.38. The summed E-state index contributed by atoms with van der Waals surface area (Å²) in [5.74, 6) is 1.48. The molecule has 1 aliphatic heterocycles. The van der Waals surface area contributed by atoms with Crippen LogP contribution in [0, 0.1) is 0 Å². The van der Waals surface area contributed by atoms with Gasteiger partial charge in [-0.1, -0.05) is 11.6 Å². The van der Waals surface area contributed by atoms with Crippen LogP contribution >= 0.6 is 11.6 Å². The first kappa shape index (κ1) is 16.9. The molecule has 128 valence electrons. The monoisotopic (exact) mass is 338 g/mol.